The maximum atomic E-state index is 6.10. The van der Waals surface area contributed by atoms with Gasteiger partial charge in [0.1, 0.15) is 11.5 Å². The molecule has 1 heterocycles. The van der Waals surface area contributed by atoms with E-state index in [0.29, 0.717) is 0 Å². The van der Waals surface area contributed by atoms with E-state index in [9.17, 15) is 0 Å². The second-order valence-electron chi connectivity index (χ2n) is 6.34. The van der Waals surface area contributed by atoms with E-state index in [4.69, 9.17) is 4.74 Å². The maximum absolute atomic E-state index is 6.10. The zero-order chi connectivity index (χ0) is 15.5. The molecule has 1 aromatic carbocycles. The van der Waals surface area contributed by atoms with Gasteiger partial charge in [-0.2, -0.15) is 0 Å². The van der Waals surface area contributed by atoms with Crippen molar-refractivity contribution in [1.29, 1.82) is 0 Å². The number of hydrogen-bond donors (Lipinski definition) is 1. The smallest absolute Gasteiger partial charge is 0.135 e. The van der Waals surface area contributed by atoms with Crippen LogP contribution in [0.4, 0.5) is 0 Å². The first-order valence-electron chi connectivity index (χ1n) is 7.28. The third-order valence-electron chi connectivity index (χ3n) is 3.38. The Hall–Kier alpha value is -1.87. The zero-order valence-electron chi connectivity index (χ0n) is 13.5. The Bertz CT molecular complexity index is 615. The first-order valence-corrected chi connectivity index (χ1v) is 7.28. The quantitative estimate of drug-likeness (QED) is 0.913. The molecule has 0 spiro atoms. The lowest BCUT2D eigenvalue weighted by atomic mass is 9.87. The van der Waals surface area contributed by atoms with Crippen LogP contribution in [0, 0.1) is 6.92 Å². The highest BCUT2D eigenvalue weighted by Crippen LogP contribution is 2.30. The molecule has 3 nitrogen and oxygen atoms in total. The minimum atomic E-state index is 0.112. The van der Waals surface area contributed by atoms with Crippen LogP contribution in [-0.4, -0.2) is 12.0 Å². The van der Waals surface area contributed by atoms with Crippen molar-refractivity contribution in [3.8, 4) is 11.5 Å². The highest BCUT2D eigenvalue weighted by Gasteiger charge is 2.14. The van der Waals surface area contributed by atoms with Crippen molar-refractivity contribution in [1.82, 2.24) is 10.3 Å². The summed E-state index contributed by atoms with van der Waals surface area (Å²) < 4.78 is 6.10. The third kappa shape index (κ3) is 4.05. The molecular weight excluding hydrogens is 260 g/mol. The maximum Gasteiger partial charge on any atom is 0.135 e. The standard InChI is InChI=1S/C18H24N2O/c1-13-9-17(14(11-19-5)12-20-13)21-16-8-6-7-15(10-16)18(2,3)4/h6-10,12,19H,11H2,1-5H3. The van der Waals surface area contributed by atoms with Crippen molar-refractivity contribution >= 4 is 0 Å². The summed E-state index contributed by atoms with van der Waals surface area (Å²) in [5.74, 6) is 1.73. The molecule has 0 atom stereocenters. The average Bonchev–Trinajstić information content (AvgIpc) is 2.41. The summed E-state index contributed by atoms with van der Waals surface area (Å²) in [5.41, 5.74) is 3.39. The SMILES string of the molecule is CNCc1cnc(C)cc1Oc1cccc(C(C)(C)C)c1. The fourth-order valence-electron chi connectivity index (χ4n) is 2.13. The molecule has 0 saturated heterocycles. The van der Waals surface area contributed by atoms with Crippen LogP contribution in [0.15, 0.2) is 36.5 Å². The van der Waals surface area contributed by atoms with Gasteiger partial charge in [0.15, 0.2) is 0 Å². The van der Waals surface area contributed by atoms with E-state index in [1.54, 1.807) is 0 Å². The van der Waals surface area contributed by atoms with Gasteiger partial charge >= 0.3 is 0 Å². The Kier molecular flexibility index (Phi) is 4.63. The molecule has 0 unspecified atom stereocenters. The molecule has 0 amide bonds. The number of nitrogens with zero attached hydrogens (tertiary/aromatic N) is 1. The van der Waals surface area contributed by atoms with Crippen LogP contribution in [-0.2, 0) is 12.0 Å². The van der Waals surface area contributed by atoms with Crippen LogP contribution in [0.5, 0.6) is 11.5 Å². The molecule has 0 bridgehead atoms. The fourth-order valence-corrected chi connectivity index (χ4v) is 2.13. The van der Waals surface area contributed by atoms with Gasteiger partial charge in [0.2, 0.25) is 0 Å². The van der Waals surface area contributed by atoms with Gasteiger partial charge in [0.05, 0.1) is 0 Å². The Balaban J connectivity index is 2.32. The lowest BCUT2D eigenvalue weighted by molar-refractivity contribution is 0.469. The Morgan fingerprint density at radius 3 is 2.62 bits per heavy atom. The molecule has 1 N–H and O–H groups in total. The molecule has 21 heavy (non-hydrogen) atoms. The van der Waals surface area contributed by atoms with Gasteiger partial charge in [-0.15, -0.1) is 0 Å². The van der Waals surface area contributed by atoms with Crippen LogP contribution >= 0.6 is 0 Å². The fraction of sp³-hybridized carbons (Fsp3) is 0.389. The minimum Gasteiger partial charge on any atom is -0.457 e. The van der Waals surface area contributed by atoms with Gasteiger partial charge in [0.25, 0.3) is 0 Å². The van der Waals surface area contributed by atoms with E-state index in [-0.39, 0.29) is 5.41 Å². The summed E-state index contributed by atoms with van der Waals surface area (Å²) in [6.45, 7) is 9.32. The first kappa shape index (κ1) is 15.5. The molecule has 0 saturated carbocycles. The highest BCUT2D eigenvalue weighted by atomic mass is 16.5. The molecule has 0 aliphatic carbocycles. The summed E-state index contributed by atoms with van der Waals surface area (Å²) in [6, 6.07) is 10.3. The molecule has 2 rings (SSSR count). The van der Waals surface area contributed by atoms with E-state index in [0.717, 1.165) is 29.3 Å². The van der Waals surface area contributed by atoms with Gasteiger partial charge in [-0.1, -0.05) is 32.9 Å². The normalized spacial score (nSPS) is 11.5. The van der Waals surface area contributed by atoms with Crippen molar-refractivity contribution in [2.24, 2.45) is 0 Å². The molecule has 2 aromatic rings. The molecular formula is C18H24N2O. The summed E-state index contributed by atoms with van der Waals surface area (Å²) in [6.07, 6.45) is 1.87. The van der Waals surface area contributed by atoms with Gasteiger partial charge < -0.3 is 10.1 Å². The predicted octanol–water partition coefficient (Wildman–Crippen LogP) is 4.20. The van der Waals surface area contributed by atoms with E-state index in [1.807, 2.05) is 38.4 Å². The average molecular weight is 284 g/mol. The van der Waals surface area contributed by atoms with Crippen LogP contribution in [0.2, 0.25) is 0 Å². The lowest BCUT2D eigenvalue weighted by Crippen LogP contribution is -2.11. The van der Waals surface area contributed by atoms with Crippen molar-refractivity contribution < 1.29 is 4.74 Å². The van der Waals surface area contributed by atoms with E-state index < -0.39 is 0 Å². The largest absolute Gasteiger partial charge is 0.457 e. The molecule has 0 aliphatic heterocycles. The van der Waals surface area contributed by atoms with Crippen LogP contribution in [0.3, 0.4) is 0 Å². The number of aromatic nitrogens is 1. The number of aryl methyl sites for hydroxylation is 1. The van der Waals surface area contributed by atoms with Crippen LogP contribution in [0.1, 0.15) is 37.6 Å². The van der Waals surface area contributed by atoms with Crippen molar-refractivity contribution in [3.05, 3.63) is 53.3 Å². The minimum absolute atomic E-state index is 0.112. The molecule has 112 valence electrons. The Morgan fingerprint density at radius 1 is 1.19 bits per heavy atom. The topological polar surface area (TPSA) is 34.2 Å². The van der Waals surface area contributed by atoms with Crippen molar-refractivity contribution in [2.45, 2.75) is 39.7 Å². The van der Waals surface area contributed by atoms with Gasteiger partial charge in [-0.05, 0) is 37.1 Å². The molecule has 0 radical (unpaired) electrons. The second-order valence-corrected chi connectivity index (χ2v) is 6.34. The van der Waals surface area contributed by atoms with Gasteiger partial charge in [-0.3, -0.25) is 4.98 Å². The highest BCUT2D eigenvalue weighted by molar-refractivity contribution is 5.40. The number of nitrogens with one attached hydrogen (secondary N) is 1. The Labute approximate surface area is 127 Å². The van der Waals surface area contributed by atoms with E-state index in [2.05, 4.69) is 43.2 Å². The summed E-state index contributed by atoms with van der Waals surface area (Å²) in [5, 5.41) is 3.15. The Morgan fingerprint density at radius 2 is 1.95 bits per heavy atom. The molecule has 0 aliphatic rings. The molecule has 3 heteroatoms. The monoisotopic (exact) mass is 284 g/mol. The predicted molar refractivity (Wildman–Crippen MR) is 87.0 cm³/mol. The molecule has 0 fully saturated rings. The van der Waals surface area contributed by atoms with Gasteiger partial charge in [0, 0.05) is 30.1 Å². The summed E-state index contributed by atoms with van der Waals surface area (Å²) in [4.78, 5) is 4.34. The van der Waals surface area contributed by atoms with Gasteiger partial charge in [-0.25, -0.2) is 0 Å². The zero-order valence-corrected chi connectivity index (χ0v) is 13.5. The summed E-state index contributed by atoms with van der Waals surface area (Å²) in [7, 11) is 1.92. The number of pyridine rings is 1. The number of rotatable bonds is 4. The van der Waals surface area contributed by atoms with Crippen molar-refractivity contribution in [3.63, 3.8) is 0 Å². The molecule has 1 aromatic heterocycles. The first-order chi connectivity index (χ1) is 9.90. The van der Waals surface area contributed by atoms with Crippen LogP contribution < -0.4 is 10.1 Å². The second kappa shape index (κ2) is 6.27. The number of benzene rings is 1. The summed E-state index contributed by atoms with van der Waals surface area (Å²) >= 11 is 0. The van der Waals surface area contributed by atoms with E-state index >= 15 is 0 Å². The van der Waals surface area contributed by atoms with E-state index in [1.165, 1.54) is 5.56 Å². The third-order valence-corrected chi connectivity index (χ3v) is 3.38. The van der Waals surface area contributed by atoms with Crippen molar-refractivity contribution in [2.75, 3.05) is 7.05 Å². The van der Waals surface area contributed by atoms with Crippen LogP contribution in [0.25, 0.3) is 0 Å². The lowest BCUT2D eigenvalue weighted by Gasteiger charge is -2.20. The number of ether oxygens (including phenoxy) is 1. The number of hydrogen-bond acceptors (Lipinski definition) is 3.